The lowest BCUT2D eigenvalue weighted by atomic mass is 10.0. The minimum Gasteiger partial charge on any atom is -0.350 e. The average Bonchev–Trinajstić information content (AvgIpc) is 3.29. The van der Waals surface area contributed by atoms with Gasteiger partial charge < -0.3 is 5.32 Å². The molecule has 3 aromatic rings. The average molecular weight is 495 g/mol. The van der Waals surface area contributed by atoms with Crippen molar-refractivity contribution in [3.05, 3.63) is 82.3 Å². The first-order chi connectivity index (χ1) is 16.5. The van der Waals surface area contributed by atoms with Crippen molar-refractivity contribution in [2.75, 3.05) is 18.0 Å². The first kappa shape index (κ1) is 24.1. The SMILES string of the molecule is CC(=O)N(c1ccccc1)c1nc(/C=C/C(=O)NC2CCN(Cc3ccc(Cl)cc3)CC2)cs1. The van der Waals surface area contributed by atoms with Crippen molar-refractivity contribution in [1.82, 2.24) is 15.2 Å². The zero-order chi connectivity index (χ0) is 23.9. The van der Waals surface area contributed by atoms with Crippen molar-refractivity contribution >= 4 is 51.6 Å². The number of carbonyl (C=O) groups is 2. The number of hydrogen-bond donors (Lipinski definition) is 1. The summed E-state index contributed by atoms with van der Waals surface area (Å²) in [5.41, 5.74) is 2.66. The van der Waals surface area contributed by atoms with Gasteiger partial charge in [0.25, 0.3) is 0 Å². The van der Waals surface area contributed by atoms with Gasteiger partial charge in [0.2, 0.25) is 11.8 Å². The molecule has 34 heavy (non-hydrogen) atoms. The van der Waals surface area contributed by atoms with Crippen molar-refractivity contribution in [1.29, 1.82) is 0 Å². The molecule has 0 unspecified atom stereocenters. The molecule has 1 saturated heterocycles. The van der Waals surface area contributed by atoms with E-state index in [4.69, 9.17) is 11.6 Å². The second-order valence-corrected chi connectivity index (χ2v) is 9.54. The van der Waals surface area contributed by atoms with E-state index in [-0.39, 0.29) is 17.9 Å². The van der Waals surface area contributed by atoms with Crippen LogP contribution in [0.15, 0.2) is 66.1 Å². The van der Waals surface area contributed by atoms with Crippen LogP contribution in [0.4, 0.5) is 10.8 Å². The molecule has 0 saturated carbocycles. The zero-order valence-corrected chi connectivity index (χ0v) is 20.6. The Bertz CT molecular complexity index is 1140. The monoisotopic (exact) mass is 494 g/mol. The summed E-state index contributed by atoms with van der Waals surface area (Å²) in [6.45, 7) is 4.28. The number of nitrogens with one attached hydrogen (secondary N) is 1. The lowest BCUT2D eigenvalue weighted by molar-refractivity contribution is -0.117. The molecule has 2 heterocycles. The zero-order valence-electron chi connectivity index (χ0n) is 19.0. The molecule has 0 aliphatic carbocycles. The van der Waals surface area contributed by atoms with Gasteiger partial charge in [-0.15, -0.1) is 11.3 Å². The molecule has 6 nitrogen and oxygen atoms in total. The summed E-state index contributed by atoms with van der Waals surface area (Å²) in [5, 5.41) is 6.26. The van der Waals surface area contributed by atoms with E-state index in [0.29, 0.717) is 10.8 Å². The van der Waals surface area contributed by atoms with Crippen LogP contribution in [0.1, 0.15) is 31.0 Å². The van der Waals surface area contributed by atoms with Crippen LogP contribution in [-0.2, 0) is 16.1 Å². The van der Waals surface area contributed by atoms with Crippen LogP contribution in [0.5, 0.6) is 0 Å². The Balaban J connectivity index is 1.27. The number of hydrogen-bond acceptors (Lipinski definition) is 5. The third-order valence-corrected chi connectivity index (χ3v) is 6.79. The Morgan fingerprint density at radius 1 is 1.15 bits per heavy atom. The minimum atomic E-state index is -0.128. The Hall–Kier alpha value is -3.00. The van der Waals surface area contributed by atoms with Crippen molar-refractivity contribution in [3.8, 4) is 0 Å². The highest BCUT2D eigenvalue weighted by atomic mass is 35.5. The van der Waals surface area contributed by atoms with Gasteiger partial charge >= 0.3 is 0 Å². The van der Waals surface area contributed by atoms with Gasteiger partial charge in [-0.1, -0.05) is 41.9 Å². The number of nitrogens with zero attached hydrogens (tertiary/aromatic N) is 3. The third-order valence-electron chi connectivity index (χ3n) is 5.69. The fourth-order valence-electron chi connectivity index (χ4n) is 3.95. The quantitative estimate of drug-likeness (QED) is 0.454. The number of carbonyl (C=O) groups excluding carboxylic acids is 2. The topological polar surface area (TPSA) is 65.5 Å². The maximum atomic E-state index is 12.4. The molecular formula is C26H27ClN4O2S. The molecule has 1 aliphatic rings. The molecule has 2 amide bonds. The molecule has 4 rings (SSSR count). The van der Waals surface area contributed by atoms with Crippen molar-refractivity contribution < 1.29 is 9.59 Å². The maximum absolute atomic E-state index is 12.4. The second-order valence-electron chi connectivity index (χ2n) is 8.26. The number of aromatic nitrogens is 1. The highest BCUT2D eigenvalue weighted by Gasteiger charge is 2.20. The van der Waals surface area contributed by atoms with E-state index >= 15 is 0 Å². The molecule has 2 aromatic carbocycles. The van der Waals surface area contributed by atoms with Crippen LogP contribution in [0.25, 0.3) is 6.08 Å². The van der Waals surface area contributed by atoms with Gasteiger partial charge in [0.1, 0.15) is 0 Å². The summed E-state index contributed by atoms with van der Waals surface area (Å²) >= 11 is 7.33. The predicted molar refractivity (Wildman–Crippen MR) is 138 cm³/mol. The lowest BCUT2D eigenvalue weighted by Gasteiger charge is -2.32. The van der Waals surface area contributed by atoms with Crippen LogP contribution >= 0.6 is 22.9 Å². The van der Waals surface area contributed by atoms with E-state index in [2.05, 4.69) is 27.3 Å². The molecule has 1 aliphatic heterocycles. The molecule has 1 fully saturated rings. The third kappa shape index (κ3) is 6.53. The first-order valence-electron chi connectivity index (χ1n) is 11.2. The number of para-hydroxylation sites is 1. The predicted octanol–water partition coefficient (Wildman–Crippen LogP) is 5.28. The smallest absolute Gasteiger partial charge is 0.244 e. The summed E-state index contributed by atoms with van der Waals surface area (Å²) in [4.78, 5) is 33.1. The van der Waals surface area contributed by atoms with E-state index in [1.165, 1.54) is 29.9 Å². The molecule has 1 N–H and O–H groups in total. The van der Waals surface area contributed by atoms with Gasteiger partial charge in [0.15, 0.2) is 5.13 Å². The van der Waals surface area contributed by atoms with Gasteiger partial charge in [-0.05, 0) is 48.7 Å². The summed E-state index contributed by atoms with van der Waals surface area (Å²) in [6, 6.07) is 17.5. The highest BCUT2D eigenvalue weighted by Crippen LogP contribution is 2.29. The second kappa shape index (κ2) is 11.4. The van der Waals surface area contributed by atoms with E-state index in [1.807, 2.05) is 47.8 Å². The summed E-state index contributed by atoms with van der Waals surface area (Å²) in [5.74, 6) is -0.242. The lowest BCUT2D eigenvalue weighted by Crippen LogP contribution is -2.43. The van der Waals surface area contributed by atoms with Crippen LogP contribution in [0.3, 0.4) is 0 Å². The summed E-state index contributed by atoms with van der Waals surface area (Å²) in [7, 11) is 0. The molecule has 176 valence electrons. The molecule has 0 radical (unpaired) electrons. The molecule has 0 spiro atoms. The number of piperidine rings is 1. The number of amides is 2. The van der Waals surface area contributed by atoms with Crippen molar-refractivity contribution in [3.63, 3.8) is 0 Å². The van der Waals surface area contributed by atoms with Gasteiger partial charge in [-0.3, -0.25) is 19.4 Å². The Morgan fingerprint density at radius 2 is 1.85 bits per heavy atom. The van der Waals surface area contributed by atoms with Gasteiger partial charge in [-0.2, -0.15) is 0 Å². The normalized spacial score (nSPS) is 14.9. The molecule has 1 aromatic heterocycles. The summed E-state index contributed by atoms with van der Waals surface area (Å²) in [6.07, 6.45) is 5.03. The standard InChI is InChI=1S/C26H27ClN4O2S/c1-19(32)31(24-5-3-2-4-6-24)26-29-23(18-34-26)11-12-25(33)28-22-13-15-30(16-14-22)17-20-7-9-21(27)10-8-20/h2-12,18,22H,13-17H2,1H3,(H,28,33)/b12-11+. The van der Waals surface area contributed by atoms with Crippen LogP contribution < -0.4 is 10.2 Å². The molecule has 0 atom stereocenters. The van der Waals surface area contributed by atoms with Gasteiger partial charge in [0, 0.05) is 49.1 Å². The molecule has 0 bridgehead atoms. The number of halogens is 1. The van der Waals surface area contributed by atoms with Crippen LogP contribution in [-0.4, -0.2) is 40.8 Å². The number of likely N-dealkylation sites (tertiary alicyclic amines) is 1. The van der Waals surface area contributed by atoms with Crippen molar-refractivity contribution in [2.45, 2.75) is 32.4 Å². The number of thiazole rings is 1. The van der Waals surface area contributed by atoms with E-state index in [1.54, 1.807) is 11.0 Å². The first-order valence-corrected chi connectivity index (χ1v) is 12.5. The van der Waals surface area contributed by atoms with Crippen LogP contribution in [0.2, 0.25) is 5.02 Å². The largest absolute Gasteiger partial charge is 0.350 e. The molecular weight excluding hydrogens is 468 g/mol. The van der Waals surface area contributed by atoms with Gasteiger partial charge in [0.05, 0.1) is 11.4 Å². The van der Waals surface area contributed by atoms with E-state index in [0.717, 1.165) is 43.2 Å². The van der Waals surface area contributed by atoms with Gasteiger partial charge in [-0.25, -0.2) is 4.98 Å². The number of benzene rings is 2. The Morgan fingerprint density at radius 3 is 2.53 bits per heavy atom. The highest BCUT2D eigenvalue weighted by molar-refractivity contribution is 7.14. The number of rotatable bonds is 7. The van der Waals surface area contributed by atoms with E-state index in [9.17, 15) is 9.59 Å². The molecule has 8 heteroatoms. The Labute approximate surface area is 208 Å². The Kier molecular flexibility index (Phi) is 8.11. The van der Waals surface area contributed by atoms with E-state index < -0.39 is 0 Å². The number of anilines is 2. The minimum absolute atomic E-state index is 0.115. The van der Waals surface area contributed by atoms with Crippen LogP contribution in [0, 0.1) is 0 Å². The van der Waals surface area contributed by atoms with Crippen molar-refractivity contribution in [2.24, 2.45) is 0 Å². The fraction of sp³-hybridized carbons (Fsp3) is 0.269. The fourth-order valence-corrected chi connectivity index (χ4v) is 4.93. The maximum Gasteiger partial charge on any atom is 0.244 e. The summed E-state index contributed by atoms with van der Waals surface area (Å²) < 4.78 is 0.